The summed E-state index contributed by atoms with van der Waals surface area (Å²) in [6.07, 6.45) is 69.7. The summed E-state index contributed by atoms with van der Waals surface area (Å²) in [6.45, 7) is 6.81. The first-order valence-corrected chi connectivity index (χ1v) is 31.1. The molecule has 0 fully saturated rings. The van der Waals surface area contributed by atoms with Gasteiger partial charge in [-0.3, -0.25) is 18.6 Å². The standard InChI is InChI=1S/C63H111N2O7P/c1-7-10-13-16-19-22-25-28-30-31-32-33-35-37-40-43-46-49-52-55-62(66)64-60(59-71-73(68,69)70-58-57-65(4,5)6)61(54-51-48-45-42-39-36-27-24-21-18-15-12-9-3)72-63(67)56-53-50-47-44-41-38-34-29-26-23-20-17-14-11-8-2/h11,14,17,19-20,22-23,26,28,30,32-33,37,40,51,54,60-61H,7-10,12-13,15-16,18,21,24-25,27,29,31,34-36,38-39,41-50,52-53,55-59H2,1-6H3,(H-,64,66,68,69)/p+1/b14-11+,20-17+,22-19-,26-23+,30-28-,33-32-,40-37-,54-51-. The number of esters is 1. The lowest BCUT2D eigenvalue weighted by Crippen LogP contribution is -2.47. The number of phosphoric ester groups is 1. The summed E-state index contributed by atoms with van der Waals surface area (Å²) in [7, 11) is 1.45. The van der Waals surface area contributed by atoms with Crippen LogP contribution in [0.15, 0.2) is 97.2 Å². The van der Waals surface area contributed by atoms with Crippen LogP contribution >= 0.6 is 7.82 Å². The second-order valence-corrected chi connectivity index (χ2v) is 22.3. The van der Waals surface area contributed by atoms with Gasteiger partial charge in [0, 0.05) is 12.8 Å². The molecule has 0 saturated heterocycles. The van der Waals surface area contributed by atoms with E-state index in [-0.39, 0.29) is 37.9 Å². The lowest BCUT2D eigenvalue weighted by molar-refractivity contribution is -0.870. The SMILES string of the molecule is CC/C=C/C=C/C=C/CCCCCCCCCC(=O)OC(/C=C\CCCCCCCCCCCCC)C(COP(=O)(O)OCC[N+](C)(C)C)NC(=O)CCCCC/C=C\C/C=C\C/C=C\C/C=C\CCCCC. The molecule has 420 valence electrons. The summed E-state index contributed by atoms with van der Waals surface area (Å²) in [5.74, 6) is -0.560. The second-order valence-electron chi connectivity index (χ2n) is 20.8. The molecule has 3 unspecified atom stereocenters. The number of carbonyl (C=O) groups is 2. The fourth-order valence-electron chi connectivity index (χ4n) is 7.98. The first kappa shape index (κ1) is 69.9. The van der Waals surface area contributed by atoms with Crippen LogP contribution in [0.2, 0.25) is 0 Å². The predicted octanol–water partition coefficient (Wildman–Crippen LogP) is 18.0. The molecule has 0 saturated carbocycles. The molecule has 0 aliphatic heterocycles. The van der Waals surface area contributed by atoms with Crippen LogP contribution in [-0.4, -0.2) is 74.3 Å². The van der Waals surface area contributed by atoms with E-state index in [4.69, 9.17) is 13.8 Å². The summed E-state index contributed by atoms with van der Waals surface area (Å²) >= 11 is 0. The van der Waals surface area contributed by atoms with Crippen molar-refractivity contribution in [3.63, 3.8) is 0 Å². The monoisotopic (exact) mass is 1040 g/mol. The van der Waals surface area contributed by atoms with Gasteiger partial charge in [0.1, 0.15) is 19.3 Å². The van der Waals surface area contributed by atoms with Crippen LogP contribution in [0.4, 0.5) is 0 Å². The molecule has 3 atom stereocenters. The number of nitrogens with zero attached hydrogens (tertiary/aromatic N) is 1. The van der Waals surface area contributed by atoms with Crippen LogP contribution in [0.1, 0.15) is 239 Å². The van der Waals surface area contributed by atoms with Gasteiger partial charge in [-0.25, -0.2) is 4.57 Å². The Hall–Kier alpha value is -3.07. The number of rotatable bonds is 52. The number of likely N-dealkylation sites (N-methyl/N-ethyl adjacent to an activating group) is 1. The first-order chi connectivity index (χ1) is 35.4. The van der Waals surface area contributed by atoms with Crippen LogP contribution in [0, 0.1) is 0 Å². The lowest BCUT2D eigenvalue weighted by atomic mass is 10.0. The van der Waals surface area contributed by atoms with Crippen LogP contribution in [0.3, 0.4) is 0 Å². The molecule has 2 N–H and O–H groups in total. The minimum Gasteiger partial charge on any atom is -0.456 e. The van der Waals surface area contributed by atoms with E-state index in [9.17, 15) is 19.0 Å². The normalized spacial score (nSPS) is 14.5. The molecule has 0 radical (unpaired) electrons. The molecule has 0 rings (SSSR count). The molecule has 0 heterocycles. The van der Waals surface area contributed by atoms with Crippen molar-refractivity contribution in [3.05, 3.63) is 97.2 Å². The summed E-state index contributed by atoms with van der Waals surface area (Å²) in [6, 6.07) is -0.875. The van der Waals surface area contributed by atoms with Gasteiger partial charge < -0.3 is 19.4 Å². The Balaban J connectivity index is 5.42. The van der Waals surface area contributed by atoms with Gasteiger partial charge in [-0.15, -0.1) is 0 Å². The maximum Gasteiger partial charge on any atom is 0.472 e. The zero-order valence-electron chi connectivity index (χ0n) is 47.8. The number of carbonyl (C=O) groups excluding carboxylic acids is 2. The maximum absolute atomic E-state index is 13.5. The number of amides is 1. The van der Waals surface area contributed by atoms with E-state index in [1.54, 1.807) is 0 Å². The highest BCUT2D eigenvalue weighted by Crippen LogP contribution is 2.43. The Morgan fingerprint density at radius 3 is 1.47 bits per heavy atom. The molecular weight excluding hydrogens is 928 g/mol. The highest BCUT2D eigenvalue weighted by Gasteiger charge is 2.30. The zero-order valence-corrected chi connectivity index (χ0v) is 48.7. The highest BCUT2D eigenvalue weighted by atomic mass is 31.2. The first-order valence-electron chi connectivity index (χ1n) is 29.6. The Morgan fingerprint density at radius 1 is 0.507 bits per heavy atom. The number of allylic oxidation sites excluding steroid dienone is 15. The molecule has 0 aliphatic rings. The van der Waals surface area contributed by atoms with Gasteiger partial charge in [0.2, 0.25) is 5.91 Å². The van der Waals surface area contributed by atoms with E-state index in [2.05, 4.69) is 111 Å². The van der Waals surface area contributed by atoms with Gasteiger partial charge >= 0.3 is 13.8 Å². The summed E-state index contributed by atoms with van der Waals surface area (Å²) in [4.78, 5) is 37.6. The number of quaternary nitrogens is 1. The van der Waals surface area contributed by atoms with Gasteiger partial charge in [0.15, 0.2) is 0 Å². The third-order valence-corrected chi connectivity index (χ3v) is 13.6. The molecule has 73 heavy (non-hydrogen) atoms. The average molecular weight is 1040 g/mol. The fourth-order valence-corrected chi connectivity index (χ4v) is 8.72. The Labute approximate surface area is 449 Å². The van der Waals surface area contributed by atoms with E-state index in [0.29, 0.717) is 17.4 Å². The number of nitrogens with one attached hydrogen (secondary N) is 1. The predicted molar refractivity (Wildman–Crippen MR) is 314 cm³/mol. The average Bonchev–Trinajstić information content (AvgIpc) is 3.35. The number of hydrogen-bond acceptors (Lipinski definition) is 6. The maximum atomic E-state index is 13.5. The third-order valence-electron chi connectivity index (χ3n) is 12.6. The molecule has 0 bridgehead atoms. The van der Waals surface area contributed by atoms with E-state index in [1.165, 1.54) is 103 Å². The quantitative estimate of drug-likeness (QED) is 0.0156. The fraction of sp³-hybridized carbons (Fsp3) is 0.714. The number of hydrogen-bond donors (Lipinski definition) is 2. The minimum atomic E-state index is -4.46. The minimum absolute atomic E-state index is 0.0270. The van der Waals surface area contributed by atoms with Crippen molar-refractivity contribution in [3.8, 4) is 0 Å². The zero-order chi connectivity index (χ0) is 53.6. The van der Waals surface area contributed by atoms with Crippen molar-refractivity contribution >= 4 is 19.7 Å². The van der Waals surface area contributed by atoms with Gasteiger partial charge in [-0.05, 0) is 96.0 Å². The summed E-state index contributed by atoms with van der Waals surface area (Å²) < 4.78 is 30.6. The van der Waals surface area contributed by atoms with Crippen LogP contribution < -0.4 is 5.32 Å². The summed E-state index contributed by atoms with van der Waals surface area (Å²) in [5.41, 5.74) is 0. The molecule has 10 heteroatoms. The molecule has 9 nitrogen and oxygen atoms in total. The molecule has 0 aliphatic carbocycles. The molecule has 1 amide bonds. The van der Waals surface area contributed by atoms with Crippen LogP contribution in [-0.2, 0) is 27.9 Å². The van der Waals surface area contributed by atoms with Crippen LogP contribution in [0.5, 0.6) is 0 Å². The summed E-state index contributed by atoms with van der Waals surface area (Å²) in [5, 5.41) is 3.03. The molecule has 0 spiro atoms. The van der Waals surface area contributed by atoms with E-state index in [1.807, 2.05) is 33.3 Å². The van der Waals surface area contributed by atoms with Crippen molar-refractivity contribution in [1.82, 2.24) is 5.32 Å². The third kappa shape index (κ3) is 53.6. The Morgan fingerprint density at radius 2 is 0.932 bits per heavy atom. The topological polar surface area (TPSA) is 111 Å². The van der Waals surface area contributed by atoms with Crippen molar-refractivity contribution in [2.24, 2.45) is 0 Å². The molecule has 0 aromatic carbocycles. The van der Waals surface area contributed by atoms with Crippen molar-refractivity contribution < 1.29 is 37.3 Å². The van der Waals surface area contributed by atoms with Crippen molar-refractivity contribution in [2.75, 3.05) is 40.9 Å². The largest absolute Gasteiger partial charge is 0.472 e. The molecule has 0 aromatic rings. The number of ether oxygens (including phenoxy) is 1. The van der Waals surface area contributed by atoms with E-state index < -0.39 is 20.0 Å². The van der Waals surface area contributed by atoms with Gasteiger partial charge in [-0.1, -0.05) is 227 Å². The highest BCUT2D eigenvalue weighted by molar-refractivity contribution is 7.47. The van der Waals surface area contributed by atoms with Gasteiger partial charge in [0.05, 0.1) is 33.8 Å². The molecular formula is C63H112N2O7P+. The van der Waals surface area contributed by atoms with Gasteiger partial charge in [0.25, 0.3) is 0 Å². The second kappa shape index (κ2) is 52.4. The van der Waals surface area contributed by atoms with E-state index >= 15 is 0 Å². The number of unbranched alkanes of at least 4 members (excludes halogenated alkanes) is 24. The van der Waals surface area contributed by atoms with E-state index in [0.717, 1.165) is 96.3 Å². The Kier molecular flexibility index (Phi) is 50.2. The van der Waals surface area contributed by atoms with Crippen LogP contribution in [0.25, 0.3) is 0 Å². The molecule has 0 aromatic heterocycles. The lowest BCUT2D eigenvalue weighted by Gasteiger charge is -2.27. The number of phosphoric acid groups is 1. The Bertz CT molecular complexity index is 1570. The van der Waals surface area contributed by atoms with Gasteiger partial charge in [-0.2, -0.15) is 0 Å². The van der Waals surface area contributed by atoms with Crippen molar-refractivity contribution in [1.29, 1.82) is 0 Å². The smallest absolute Gasteiger partial charge is 0.456 e. The van der Waals surface area contributed by atoms with Crippen molar-refractivity contribution in [2.45, 2.75) is 251 Å².